The lowest BCUT2D eigenvalue weighted by Gasteiger charge is -2.07. The van der Waals surface area contributed by atoms with Crippen LogP contribution in [0.4, 0.5) is 11.4 Å². The number of anilines is 2. The van der Waals surface area contributed by atoms with Gasteiger partial charge in [0.25, 0.3) is 0 Å². The van der Waals surface area contributed by atoms with Crippen molar-refractivity contribution >= 4 is 11.4 Å². The maximum atomic E-state index is 5.64. The van der Waals surface area contributed by atoms with Crippen molar-refractivity contribution < 1.29 is 9.47 Å². The van der Waals surface area contributed by atoms with E-state index in [0.29, 0.717) is 6.79 Å². The van der Waals surface area contributed by atoms with E-state index in [1.807, 2.05) is 42.5 Å². The standard InChI is InChI=1S/C14H14N2O2/c15-11-2-4-12(5-3-11)16-8-10-1-6-13-14(7-10)18-9-17-13/h1-7,16H,8-9,15H2. The molecule has 3 N–H and O–H groups in total. The van der Waals surface area contributed by atoms with Crippen LogP contribution in [0.5, 0.6) is 11.5 Å². The van der Waals surface area contributed by atoms with Crippen LogP contribution in [0.1, 0.15) is 5.56 Å². The first-order chi connectivity index (χ1) is 8.81. The molecule has 0 spiro atoms. The van der Waals surface area contributed by atoms with Gasteiger partial charge in [-0.3, -0.25) is 0 Å². The van der Waals surface area contributed by atoms with E-state index in [9.17, 15) is 0 Å². The van der Waals surface area contributed by atoms with Crippen LogP contribution in [-0.2, 0) is 6.54 Å². The van der Waals surface area contributed by atoms with Crippen molar-refractivity contribution in [2.45, 2.75) is 6.54 Å². The zero-order valence-electron chi connectivity index (χ0n) is 9.85. The van der Waals surface area contributed by atoms with Crippen LogP contribution >= 0.6 is 0 Å². The van der Waals surface area contributed by atoms with Gasteiger partial charge in [0.05, 0.1) is 0 Å². The highest BCUT2D eigenvalue weighted by Crippen LogP contribution is 2.32. The van der Waals surface area contributed by atoms with Gasteiger partial charge in [-0.2, -0.15) is 0 Å². The van der Waals surface area contributed by atoms with Crippen molar-refractivity contribution in [2.75, 3.05) is 17.8 Å². The Kier molecular flexibility index (Phi) is 2.68. The second-order valence-corrected chi connectivity index (χ2v) is 4.16. The van der Waals surface area contributed by atoms with E-state index in [1.165, 1.54) is 0 Å². The Bertz CT molecular complexity index is 552. The van der Waals surface area contributed by atoms with E-state index in [-0.39, 0.29) is 0 Å². The number of hydrogen-bond donors (Lipinski definition) is 2. The normalized spacial score (nSPS) is 12.4. The molecule has 4 nitrogen and oxygen atoms in total. The molecule has 92 valence electrons. The smallest absolute Gasteiger partial charge is 0.231 e. The summed E-state index contributed by atoms with van der Waals surface area (Å²) in [4.78, 5) is 0. The number of nitrogens with two attached hydrogens (primary N) is 1. The van der Waals surface area contributed by atoms with Gasteiger partial charge in [-0.15, -0.1) is 0 Å². The Morgan fingerprint density at radius 2 is 1.78 bits per heavy atom. The molecule has 0 saturated carbocycles. The van der Waals surface area contributed by atoms with E-state index >= 15 is 0 Å². The minimum atomic E-state index is 0.310. The lowest BCUT2D eigenvalue weighted by molar-refractivity contribution is 0.174. The minimum Gasteiger partial charge on any atom is -0.454 e. The van der Waals surface area contributed by atoms with Crippen molar-refractivity contribution in [2.24, 2.45) is 0 Å². The van der Waals surface area contributed by atoms with E-state index in [0.717, 1.165) is 35.0 Å². The van der Waals surface area contributed by atoms with Gasteiger partial charge >= 0.3 is 0 Å². The summed E-state index contributed by atoms with van der Waals surface area (Å²) in [5.41, 5.74) is 8.60. The Morgan fingerprint density at radius 1 is 1.00 bits per heavy atom. The van der Waals surface area contributed by atoms with Crippen LogP contribution in [0.15, 0.2) is 42.5 Å². The molecule has 0 aromatic heterocycles. The van der Waals surface area contributed by atoms with Gasteiger partial charge in [-0.25, -0.2) is 0 Å². The number of nitrogen functional groups attached to an aromatic ring is 1. The second kappa shape index (κ2) is 4.49. The van der Waals surface area contributed by atoms with Gasteiger partial charge in [0.1, 0.15) is 0 Å². The lowest BCUT2D eigenvalue weighted by Crippen LogP contribution is -1.99. The average molecular weight is 242 g/mol. The van der Waals surface area contributed by atoms with Gasteiger partial charge in [0.15, 0.2) is 11.5 Å². The van der Waals surface area contributed by atoms with Crippen LogP contribution in [0, 0.1) is 0 Å². The van der Waals surface area contributed by atoms with Crippen molar-refractivity contribution in [1.29, 1.82) is 0 Å². The highest BCUT2D eigenvalue weighted by molar-refractivity contribution is 5.52. The monoisotopic (exact) mass is 242 g/mol. The maximum Gasteiger partial charge on any atom is 0.231 e. The van der Waals surface area contributed by atoms with E-state index in [1.54, 1.807) is 0 Å². The topological polar surface area (TPSA) is 56.5 Å². The average Bonchev–Trinajstić information content (AvgIpc) is 2.85. The third kappa shape index (κ3) is 2.18. The van der Waals surface area contributed by atoms with Crippen LogP contribution < -0.4 is 20.5 Å². The molecule has 2 aromatic rings. The van der Waals surface area contributed by atoms with Gasteiger partial charge in [0.2, 0.25) is 6.79 Å². The molecule has 1 aliphatic heterocycles. The minimum absolute atomic E-state index is 0.310. The highest BCUT2D eigenvalue weighted by Gasteiger charge is 2.12. The summed E-state index contributed by atoms with van der Waals surface area (Å²) in [5, 5.41) is 3.33. The number of ether oxygens (including phenoxy) is 2. The summed E-state index contributed by atoms with van der Waals surface area (Å²) in [6.45, 7) is 1.05. The Labute approximate surface area is 105 Å². The molecule has 0 saturated heterocycles. The van der Waals surface area contributed by atoms with Gasteiger partial charge in [0, 0.05) is 17.9 Å². The number of benzene rings is 2. The van der Waals surface area contributed by atoms with E-state index in [4.69, 9.17) is 15.2 Å². The SMILES string of the molecule is Nc1ccc(NCc2ccc3c(c2)OCO3)cc1. The van der Waals surface area contributed by atoms with Gasteiger partial charge < -0.3 is 20.5 Å². The van der Waals surface area contributed by atoms with E-state index in [2.05, 4.69) is 5.32 Å². The van der Waals surface area contributed by atoms with Crippen LogP contribution in [0.3, 0.4) is 0 Å². The number of fused-ring (bicyclic) bond motifs is 1. The fourth-order valence-corrected chi connectivity index (χ4v) is 1.86. The third-order valence-electron chi connectivity index (χ3n) is 2.84. The molecule has 18 heavy (non-hydrogen) atoms. The zero-order chi connectivity index (χ0) is 12.4. The molecule has 2 aromatic carbocycles. The molecule has 1 heterocycles. The Morgan fingerprint density at radius 3 is 2.61 bits per heavy atom. The summed E-state index contributed by atoms with van der Waals surface area (Å²) in [6, 6.07) is 13.6. The molecule has 0 radical (unpaired) electrons. The third-order valence-corrected chi connectivity index (χ3v) is 2.84. The molecule has 4 heteroatoms. The molecule has 0 unspecified atom stereocenters. The molecule has 0 atom stereocenters. The summed E-state index contributed by atoms with van der Waals surface area (Å²) in [6.07, 6.45) is 0. The highest BCUT2D eigenvalue weighted by atomic mass is 16.7. The predicted molar refractivity (Wildman–Crippen MR) is 70.7 cm³/mol. The second-order valence-electron chi connectivity index (χ2n) is 4.16. The quantitative estimate of drug-likeness (QED) is 0.812. The number of nitrogens with one attached hydrogen (secondary N) is 1. The first-order valence-corrected chi connectivity index (χ1v) is 5.79. The molecule has 1 aliphatic rings. The van der Waals surface area contributed by atoms with Crippen LogP contribution in [0.25, 0.3) is 0 Å². The Balaban J connectivity index is 1.68. The molecule has 3 rings (SSSR count). The molecule has 0 amide bonds. The van der Waals surface area contributed by atoms with Gasteiger partial charge in [-0.1, -0.05) is 6.07 Å². The predicted octanol–water partition coefficient (Wildman–Crippen LogP) is 2.61. The summed E-state index contributed by atoms with van der Waals surface area (Å²) >= 11 is 0. The fraction of sp³-hybridized carbons (Fsp3) is 0.143. The molecule has 0 bridgehead atoms. The Hall–Kier alpha value is -2.36. The first-order valence-electron chi connectivity index (χ1n) is 5.79. The van der Waals surface area contributed by atoms with Crippen LogP contribution in [0.2, 0.25) is 0 Å². The summed E-state index contributed by atoms with van der Waals surface area (Å²) < 4.78 is 10.6. The molecule has 0 fully saturated rings. The molecule has 0 aliphatic carbocycles. The van der Waals surface area contributed by atoms with Crippen molar-refractivity contribution in [3.8, 4) is 11.5 Å². The number of hydrogen-bond acceptors (Lipinski definition) is 4. The van der Waals surface area contributed by atoms with Crippen molar-refractivity contribution in [3.05, 3.63) is 48.0 Å². The fourth-order valence-electron chi connectivity index (χ4n) is 1.86. The molecular formula is C14H14N2O2. The zero-order valence-corrected chi connectivity index (χ0v) is 9.85. The van der Waals surface area contributed by atoms with E-state index < -0.39 is 0 Å². The number of rotatable bonds is 3. The largest absolute Gasteiger partial charge is 0.454 e. The lowest BCUT2D eigenvalue weighted by atomic mass is 10.2. The first kappa shape index (κ1) is 10.8. The van der Waals surface area contributed by atoms with Gasteiger partial charge in [-0.05, 0) is 42.0 Å². The maximum absolute atomic E-state index is 5.64. The molecular weight excluding hydrogens is 228 g/mol. The summed E-state index contributed by atoms with van der Waals surface area (Å²) in [7, 11) is 0. The van der Waals surface area contributed by atoms with Crippen molar-refractivity contribution in [1.82, 2.24) is 0 Å². The van der Waals surface area contributed by atoms with Crippen LogP contribution in [-0.4, -0.2) is 6.79 Å². The van der Waals surface area contributed by atoms with Crippen molar-refractivity contribution in [3.63, 3.8) is 0 Å². The summed E-state index contributed by atoms with van der Waals surface area (Å²) in [5.74, 6) is 1.62.